The quantitative estimate of drug-likeness (QED) is 0.867. The molecule has 0 amide bonds. The highest BCUT2D eigenvalue weighted by molar-refractivity contribution is 5.34. The summed E-state index contributed by atoms with van der Waals surface area (Å²) in [6.45, 7) is 0.818. The first-order valence-corrected chi connectivity index (χ1v) is 5.96. The molecule has 0 radical (unpaired) electrons. The largest absolute Gasteiger partial charge is 0.390 e. The summed E-state index contributed by atoms with van der Waals surface area (Å²) in [4.78, 5) is 10.4. The second kappa shape index (κ2) is 6.12. The third-order valence-corrected chi connectivity index (χ3v) is 2.82. The predicted octanol–water partition coefficient (Wildman–Crippen LogP) is 1.65. The van der Waals surface area contributed by atoms with Crippen molar-refractivity contribution in [2.45, 2.75) is 13.0 Å². The van der Waals surface area contributed by atoms with Gasteiger partial charge in [-0.15, -0.1) is 0 Å². The van der Waals surface area contributed by atoms with Crippen LogP contribution in [0.3, 0.4) is 0 Å². The zero-order chi connectivity index (χ0) is 12.8. The molecule has 0 aliphatic carbocycles. The van der Waals surface area contributed by atoms with Crippen LogP contribution in [0.15, 0.2) is 42.7 Å². The summed E-state index contributed by atoms with van der Waals surface area (Å²) < 4.78 is 0. The Balaban J connectivity index is 1.93. The number of aliphatic hydroxyl groups excluding tert-OH is 1. The van der Waals surface area contributed by atoms with Gasteiger partial charge in [-0.2, -0.15) is 0 Å². The van der Waals surface area contributed by atoms with Gasteiger partial charge in [0.1, 0.15) is 5.82 Å². The summed E-state index contributed by atoms with van der Waals surface area (Å²) in [6, 6.07) is 10.4. The van der Waals surface area contributed by atoms with E-state index in [2.05, 4.69) is 27.0 Å². The van der Waals surface area contributed by atoms with Crippen LogP contribution >= 0.6 is 0 Å². The lowest BCUT2D eigenvalue weighted by Crippen LogP contribution is -2.21. The van der Waals surface area contributed by atoms with Crippen LogP contribution in [0.1, 0.15) is 11.3 Å². The summed E-state index contributed by atoms with van der Waals surface area (Å²) in [5.41, 5.74) is 1.90. The Morgan fingerprint density at radius 2 is 1.89 bits per heavy atom. The van der Waals surface area contributed by atoms with Gasteiger partial charge in [0.2, 0.25) is 0 Å². The molecule has 0 atom stereocenters. The molecule has 0 aliphatic heterocycles. The molecule has 4 heteroatoms. The van der Waals surface area contributed by atoms with Gasteiger partial charge in [0.05, 0.1) is 24.7 Å². The zero-order valence-corrected chi connectivity index (χ0v) is 10.5. The Labute approximate surface area is 107 Å². The van der Waals surface area contributed by atoms with Crippen LogP contribution in [-0.4, -0.2) is 28.7 Å². The van der Waals surface area contributed by atoms with Crippen molar-refractivity contribution in [3.05, 3.63) is 54.0 Å². The minimum Gasteiger partial charge on any atom is -0.390 e. The third kappa shape index (κ3) is 3.28. The van der Waals surface area contributed by atoms with Gasteiger partial charge in [-0.05, 0) is 12.0 Å². The molecular formula is C14H17N3O. The summed E-state index contributed by atoms with van der Waals surface area (Å²) in [7, 11) is 1.99. The fourth-order valence-corrected chi connectivity index (χ4v) is 1.68. The maximum absolute atomic E-state index is 8.90. The average Bonchev–Trinajstić information content (AvgIpc) is 2.46. The summed E-state index contributed by atoms with van der Waals surface area (Å²) in [6.07, 6.45) is 4.27. The molecule has 1 N–H and O–H groups in total. The fourth-order valence-electron chi connectivity index (χ4n) is 1.68. The van der Waals surface area contributed by atoms with Crippen molar-refractivity contribution in [1.82, 2.24) is 9.97 Å². The van der Waals surface area contributed by atoms with Gasteiger partial charge >= 0.3 is 0 Å². The van der Waals surface area contributed by atoms with Gasteiger partial charge in [0, 0.05) is 13.6 Å². The van der Waals surface area contributed by atoms with E-state index < -0.39 is 0 Å². The number of aromatic nitrogens is 2. The third-order valence-electron chi connectivity index (χ3n) is 2.82. The van der Waals surface area contributed by atoms with Gasteiger partial charge in [-0.3, -0.25) is 4.98 Å². The number of hydrogen-bond acceptors (Lipinski definition) is 4. The van der Waals surface area contributed by atoms with Gasteiger partial charge < -0.3 is 10.0 Å². The van der Waals surface area contributed by atoms with E-state index in [1.54, 1.807) is 12.4 Å². The molecule has 0 aliphatic rings. The molecular weight excluding hydrogens is 226 g/mol. The molecule has 18 heavy (non-hydrogen) atoms. The Bertz CT molecular complexity index is 470. The lowest BCUT2D eigenvalue weighted by atomic mass is 10.1. The van der Waals surface area contributed by atoms with Crippen LogP contribution in [0.2, 0.25) is 0 Å². The van der Waals surface area contributed by atoms with Crippen LogP contribution in [0.4, 0.5) is 5.82 Å². The summed E-state index contributed by atoms with van der Waals surface area (Å²) in [5.74, 6) is 0.822. The van der Waals surface area contributed by atoms with E-state index in [4.69, 9.17) is 5.11 Å². The average molecular weight is 243 g/mol. The highest BCUT2D eigenvalue weighted by atomic mass is 16.3. The number of hydrogen-bond donors (Lipinski definition) is 1. The van der Waals surface area contributed by atoms with Crippen LogP contribution in [-0.2, 0) is 13.0 Å². The molecule has 1 aromatic heterocycles. The highest BCUT2D eigenvalue weighted by Gasteiger charge is 2.03. The molecule has 0 spiro atoms. The van der Waals surface area contributed by atoms with Crippen LogP contribution < -0.4 is 4.90 Å². The van der Waals surface area contributed by atoms with E-state index >= 15 is 0 Å². The first-order chi connectivity index (χ1) is 8.79. The normalized spacial score (nSPS) is 10.3. The van der Waals surface area contributed by atoms with Crippen molar-refractivity contribution in [1.29, 1.82) is 0 Å². The van der Waals surface area contributed by atoms with Crippen molar-refractivity contribution in [2.24, 2.45) is 0 Å². The molecule has 0 fully saturated rings. The number of nitrogens with zero attached hydrogens (tertiary/aromatic N) is 3. The number of aliphatic hydroxyl groups is 1. The van der Waals surface area contributed by atoms with Crippen molar-refractivity contribution >= 4 is 5.82 Å². The number of benzene rings is 1. The monoisotopic (exact) mass is 243 g/mol. The van der Waals surface area contributed by atoms with Crippen LogP contribution in [0.25, 0.3) is 0 Å². The lowest BCUT2D eigenvalue weighted by molar-refractivity contribution is 0.276. The second-order valence-electron chi connectivity index (χ2n) is 4.18. The van der Waals surface area contributed by atoms with Crippen molar-refractivity contribution in [2.75, 3.05) is 18.5 Å². The molecule has 2 rings (SSSR count). The molecule has 2 aromatic rings. The van der Waals surface area contributed by atoms with Crippen molar-refractivity contribution in [3.63, 3.8) is 0 Å². The highest BCUT2D eigenvalue weighted by Crippen LogP contribution is 2.08. The number of likely N-dealkylation sites (N-methyl/N-ethyl adjacent to an activating group) is 1. The first kappa shape index (κ1) is 12.5. The maximum atomic E-state index is 8.90. The lowest BCUT2D eigenvalue weighted by Gasteiger charge is -2.17. The summed E-state index contributed by atoms with van der Waals surface area (Å²) >= 11 is 0. The Morgan fingerprint density at radius 3 is 2.50 bits per heavy atom. The molecule has 0 bridgehead atoms. The Kier molecular flexibility index (Phi) is 4.25. The molecule has 0 saturated heterocycles. The zero-order valence-electron chi connectivity index (χ0n) is 10.5. The minimum absolute atomic E-state index is 0.0684. The second-order valence-corrected chi connectivity index (χ2v) is 4.18. The van der Waals surface area contributed by atoms with Crippen LogP contribution in [0.5, 0.6) is 0 Å². The van der Waals surface area contributed by atoms with E-state index in [1.807, 2.05) is 25.2 Å². The molecule has 0 saturated carbocycles. The van der Waals surface area contributed by atoms with E-state index in [1.165, 1.54) is 5.56 Å². The van der Waals surface area contributed by atoms with Gasteiger partial charge in [0.15, 0.2) is 0 Å². The van der Waals surface area contributed by atoms with Crippen molar-refractivity contribution in [3.8, 4) is 0 Å². The molecule has 4 nitrogen and oxygen atoms in total. The molecule has 1 aromatic carbocycles. The maximum Gasteiger partial charge on any atom is 0.146 e. The van der Waals surface area contributed by atoms with E-state index in [0.717, 1.165) is 18.8 Å². The van der Waals surface area contributed by atoms with Gasteiger partial charge in [-0.1, -0.05) is 30.3 Å². The van der Waals surface area contributed by atoms with E-state index in [9.17, 15) is 0 Å². The first-order valence-electron chi connectivity index (χ1n) is 5.96. The standard InChI is InChI=1S/C14H17N3O/c1-17(8-7-12-5-3-2-4-6-12)14-10-15-13(11-18)9-16-14/h2-6,9-10,18H,7-8,11H2,1H3. The van der Waals surface area contributed by atoms with E-state index in [-0.39, 0.29) is 6.61 Å². The topological polar surface area (TPSA) is 49.2 Å². The molecule has 1 heterocycles. The summed E-state index contributed by atoms with van der Waals surface area (Å²) in [5, 5.41) is 8.90. The Hall–Kier alpha value is -1.94. The van der Waals surface area contributed by atoms with Crippen LogP contribution in [0, 0.1) is 0 Å². The van der Waals surface area contributed by atoms with E-state index in [0.29, 0.717) is 5.69 Å². The van der Waals surface area contributed by atoms with Gasteiger partial charge in [-0.25, -0.2) is 4.98 Å². The number of anilines is 1. The fraction of sp³-hybridized carbons (Fsp3) is 0.286. The predicted molar refractivity (Wildman–Crippen MR) is 71.4 cm³/mol. The Morgan fingerprint density at radius 1 is 1.11 bits per heavy atom. The molecule has 94 valence electrons. The SMILES string of the molecule is CN(CCc1ccccc1)c1cnc(CO)cn1. The van der Waals surface area contributed by atoms with Crippen molar-refractivity contribution < 1.29 is 5.11 Å². The molecule has 0 unspecified atom stereocenters. The number of rotatable bonds is 5. The minimum atomic E-state index is -0.0684. The van der Waals surface area contributed by atoms with Gasteiger partial charge in [0.25, 0.3) is 0 Å². The smallest absolute Gasteiger partial charge is 0.146 e.